The molecule has 193 valence electrons. The van der Waals surface area contributed by atoms with E-state index in [1.165, 1.54) is 16.2 Å². The highest BCUT2D eigenvalue weighted by Crippen LogP contribution is 2.36. The van der Waals surface area contributed by atoms with E-state index in [4.69, 9.17) is 14.7 Å². The van der Waals surface area contributed by atoms with Crippen LogP contribution in [0.3, 0.4) is 0 Å². The molecular weight excluding hydrogens is 504 g/mol. The van der Waals surface area contributed by atoms with Crippen molar-refractivity contribution in [3.05, 3.63) is 46.8 Å². The molecule has 1 aromatic heterocycles. The lowest BCUT2D eigenvalue weighted by molar-refractivity contribution is -0.123. The Bertz CT molecular complexity index is 1190. The normalized spacial score (nSPS) is 19.9. The van der Waals surface area contributed by atoms with Gasteiger partial charge in [0, 0.05) is 31.8 Å². The summed E-state index contributed by atoms with van der Waals surface area (Å²) in [5.41, 5.74) is 0.459. The molecule has 1 N–H and O–H groups in total. The van der Waals surface area contributed by atoms with Crippen molar-refractivity contribution in [3.63, 3.8) is 0 Å². The second kappa shape index (κ2) is 11.9. The Kier molecular flexibility index (Phi) is 9.14. The first-order chi connectivity index (χ1) is 17.5. The SMILES string of the molecule is CC(C)(C)OC(=O)N(CC(=O)N[C@H](C#N)Cc1ccc(-c2ccc(C#N)cc2)s1)[C@H]1COC[C@@]1(C)C[Si]. The van der Waals surface area contributed by atoms with Crippen molar-refractivity contribution in [2.24, 2.45) is 5.41 Å². The number of hydrogen-bond donors (Lipinski definition) is 1. The minimum absolute atomic E-state index is 0.246. The molecule has 0 unspecified atom stereocenters. The first-order valence-electron chi connectivity index (χ1n) is 12.0. The lowest BCUT2D eigenvalue weighted by Gasteiger charge is -2.38. The third kappa shape index (κ3) is 7.42. The van der Waals surface area contributed by atoms with Gasteiger partial charge in [-0.2, -0.15) is 10.5 Å². The summed E-state index contributed by atoms with van der Waals surface area (Å²) in [6, 6.07) is 14.9. The van der Waals surface area contributed by atoms with Crippen LogP contribution in [0, 0.1) is 28.1 Å². The summed E-state index contributed by atoms with van der Waals surface area (Å²) in [5, 5.41) is 21.5. The van der Waals surface area contributed by atoms with Gasteiger partial charge in [-0.05, 0) is 50.6 Å². The predicted molar refractivity (Wildman–Crippen MR) is 142 cm³/mol. The second-order valence-corrected chi connectivity index (χ2v) is 11.9. The summed E-state index contributed by atoms with van der Waals surface area (Å²) in [4.78, 5) is 29.5. The fourth-order valence-corrected chi connectivity index (χ4v) is 5.43. The third-order valence-corrected chi connectivity index (χ3v) is 8.05. The van der Waals surface area contributed by atoms with Crippen molar-refractivity contribution >= 4 is 33.6 Å². The molecule has 37 heavy (non-hydrogen) atoms. The van der Waals surface area contributed by atoms with Crippen LogP contribution in [0.1, 0.15) is 38.1 Å². The Labute approximate surface area is 225 Å². The number of carbonyl (C=O) groups is 2. The van der Waals surface area contributed by atoms with E-state index in [9.17, 15) is 14.9 Å². The summed E-state index contributed by atoms with van der Waals surface area (Å²) in [7, 11) is 3.57. The number of benzene rings is 1. The van der Waals surface area contributed by atoms with E-state index in [0.29, 0.717) is 31.2 Å². The summed E-state index contributed by atoms with van der Waals surface area (Å²) in [6.45, 7) is 7.81. The highest BCUT2D eigenvalue weighted by atomic mass is 32.1. The highest BCUT2D eigenvalue weighted by Gasteiger charge is 2.45. The van der Waals surface area contributed by atoms with Crippen LogP contribution in [0.5, 0.6) is 0 Å². The Morgan fingerprint density at radius 2 is 1.97 bits per heavy atom. The van der Waals surface area contributed by atoms with E-state index in [-0.39, 0.29) is 18.0 Å². The van der Waals surface area contributed by atoms with Crippen LogP contribution < -0.4 is 5.32 Å². The summed E-state index contributed by atoms with van der Waals surface area (Å²) in [6.07, 6.45) is -0.260. The van der Waals surface area contributed by atoms with Crippen molar-refractivity contribution in [2.45, 2.75) is 57.8 Å². The standard InChI is InChI=1S/C27H31N4O4SSi/c1-26(2,3)35-25(33)31(23-15-34-16-27(23,4)17-37)14-24(32)30-20(13-29)11-21-9-10-22(36-21)19-7-5-18(12-28)6-8-19/h5-10,20,23H,11,14-17H2,1-4H3,(H,30,32)/t20-,23-,27-/m0/s1. The molecule has 1 aromatic carbocycles. The number of rotatable bonds is 8. The lowest BCUT2D eigenvalue weighted by Crippen LogP contribution is -2.54. The molecule has 1 aliphatic heterocycles. The molecular formula is C27H31N4O4SSi. The number of amides is 2. The first kappa shape index (κ1) is 28.4. The minimum atomic E-state index is -0.762. The number of nitriles is 2. The van der Waals surface area contributed by atoms with E-state index in [0.717, 1.165) is 15.3 Å². The van der Waals surface area contributed by atoms with Gasteiger partial charge in [-0.3, -0.25) is 9.69 Å². The Balaban J connectivity index is 1.69. The van der Waals surface area contributed by atoms with Gasteiger partial charge >= 0.3 is 6.09 Å². The zero-order valence-corrected chi connectivity index (χ0v) is 23.4. The maximum absolute atomic E-state index is 13.1. The highest BCUT2D eigenvalue weighted by molar-refractivity contribution is 7.15. The van der Waals surface area contributed by atoms with Crippen molar-refractivity contribution < 1.29 is 19.1 Å². The van der Waals surface area contributed by atoms with Crippen LogP contribution in [0.25, 0.3) is 10.4 Å². The van der Waals surface area contributed by atoms with Gasteiger partial charge in [0.05, 0.1) is 37.0 Å². The van der Waals surface area contributed by atoms with Gasteiger partial charge in [0.15, 0.2) is 0 Å². The topological polar surface area (TPSA) is 115 Å². The van der Waals surface area contributed by atoms with Gasteiger partial charge in [0.2, 0.25) is 5.91 Å². The summed E-state index contributed by atoms with van der Waals surface area (Å²) >= 11 is 1.53. The summed E-state index contributed by atoms with van der Waals surface area (Å²) in [5.74, 6) is -0.440. The number of hydrogen-bond acceptors (Lipinski definition) is 7. The molecule has 1 saturated heterocycles. The number of carbonyl (C=O) groups excluding carboxylic acids is 2. The molecule has 3 rings (SSSR count). The Morgan fingerprint density at radius 1 is 1.27 bits per heavy atom. The molecule has 10 heteroatoms. The van der Waals surface area contributed by atoms with Crippen LogP contribution >= 0.6 is 11.3 Å². The van der Waals surface area contributed by atoms with Gasteiger partial charge in [-0.1, -0.05) is 25.1 Å². The molecule has 8 nitrogen and oxygen atoms in total. The average Bonchev–Trinajstić information content (AvgIpc) is 3.48. The molecule has 0 bridgehead atoms. The Morgan fingerprint density at radius 3 is 2.57 bits per heavy atom. The van der Waals surface area contributed by atoms with E-state index in [2.05, 4.69) is 27.7 Å². The van der Waals surface area contributed by atoms with Crippen molar-refractivity contribution in [1.82, 2.24) is 10.2 Å². The average molecular weight is 536 g/mol. The molecule has 2 amide bonds. The zero-order valence-electron chi connectivity index (χ0n) is 21.5. The monoisotopic (exact) mass is 535 g/mol. The van der Waals surface area contributed by atoms with Gasteiger partial charge in [-0.25, -0.2) is 4.79 Å². The maximum atomic E-state index is 13.1. The van der Waals surface area contributed by atoms with Crippen molar-refractivity contribution in [1.29, 1.82) is 10.5 Å². The summed E-state index contributed by atoms with van der Waals surface area (Å²) < 4.78 is 11.3. The van der Waals surface area contributed by atoms with Crippen LogP contribution in [-0.4, -0.2) is 64.6 Å². The van der Waals surface area contributed by atoms with E-state index in [1.807, 2.05) is 31.2 Å². The predicted octanol–water partition coefficient (Wildman–Crippen LogP) is 4.07. The van der Waals surface area contributed by atoms with Crippen molar-refractivity contribution in [3.8, 4) is 22.6 Å². The van der Waals surface area contributed by atoms with E-state index in [1.54, 1.807) is 32.9 Å². The van der Waals surface area contributed by atoms with Gasteiger partial charge < -0.3 is 14.8 Å². The molecule has 3 radical (unpaired) electrons. The zero-order chi connectivity index (χ0) is 27.2. The number of ether oxygens (including phenoxy) is 2. The van der Waals surface area contributed by atoms with Gasteiger partial charge in [-0.15, -0.1) is 11.3 Å². The van der Waals surface area contributed by atoms with Crippen molar-refractivity contribution in [2.75, 3.05) is 19.8 Å². The molecule has 3 atom stereocenters. The number of nitrogens with zero attached hydrogens (tertiary/aromatic N) is 3. The van der Waals surface area contributed by atoms with E-state index >= 15 is 0 Å². The largest absolute Gasteiger partial charge is 0.444 e. The molecule has 2 aromatic rings. The fourth-order valence-electron chi connectivity index (χ4n) is 4.04. The Hall–Kier alpha value is -3.18. The number of thiophene rings is 1. The molecule has 0 spiro atoms. The van der Waals surface area contributed by atoms with Crippen LogP contribution in [-0.2, 0) is 20.7 Å². The molecule has 1 fully saturated rings. The quantitative estimate of drug-likeness (QED) is 0.510. The molecule has 1 aliphatic rings. The fraction of sp³-hybridized carbons (Fsp3) is 0.481. The molecule has 0 aliphatic carbocycles. The lowest BCUT2D eigenvalue weighted by atomic mass is 9.86. The molecule has 2 heterocycles. The third-order valence-electron chi connectivity index (χ3n) is 6.09. The van der Waals surface area contributed by atoms with Gasteiger partial charge in [0.1, 0.15) is 18.2 Å². The number of nitrogens with one attached hydrogen (secondary N) is 1. The smallest absolute Gasteiger partial charge is 0.411 e. The second-order valence-electron chi connectivity index (χ2n) is 10.4. The first-order valence-corrected chi connectivity index (χ1v) is 13.5. The van der Waals surface area contributed by atoms with Crippen LogP contribution in [0.2, 0.25) is 6.04 Å². The maximum Gasteiger partial charge on any atom is 0.411 e. The van der Waals surface area contributed by atoms with Gasteiger partial charge in [0.25, 0.3) is 0 Å². The molecule has 0 saturated carbocycles. The minimum Gasteiger partial charge on any atom is -0.444 e. The van der Waals surface area contributed by atoms with Crippen LogP contribution in [0.15, 0.2) is 36.4 Å². The van der Waals surface area contributed by atoms with Crippen LogP contribution in [0.4, 0.5) is 4.79 Å². The van der Waals surface area contributed by atoms with E-state index < -0.39 is 23.6 Å².